The first kappa shape index (κ1) is 30.6. The topological polar surface area (TPSA) is 3.24 Å². The first-order chi connectivity index (χ1) is 26.8. The van der Waals surface area contributed by atoms with Gasteiger partial charge in [-0.25, -0.2) is 0 Å². The molecule has 1 nitrogen and oxygen atoms in total. The molecule has 0 N–H and O–H groups in total. The summed E-state index contributed by atoms with van der Waals surface area (Å²) in [6, 6.07) is 78.3. The van der Waals surface area contributed by atoms with Crippen molar-refractivity contribution in [2.45, 2.75) is 5.41 Å². The predicted molar refractivity (Wildman–Crippen MR) is 226 cm³/mol. The van der Waals surface area contributed by atoms with Crippen LogP contribution in [0.4, 0.5) is 17.1 Å². The molecule has 9 aromatic rings. The molecule has 252 valence electrons. The summed E-state index contributed by atoms with van der Waals surface area (Å²) < 4.78 is 0. The summed E-state index contributed by atoms with van der Waals surface area (Å²) in [5.41, 5.74) is 18.2. The van der Waals surface area contributed by atoms with Gasteiger partial charge in [0.1, 0.15) is 0 Å². The first-order valence-electron chi connectivity index (χ1n) is 18.8. The van der Waals surface area contributed by atoms with Crippen molar-refractivity contribution >= 4 is 27.8 Å². The smallest absolute Gasteiger partial charge is 0.0714 e. The Hall–Kier alpha value is -6.96. The quantitative estimate of drug-likeness (QED) is 0.168. The molecule has 0 amide bonds. The lowest BCUT2D eigenvalue weighted by Gasteiger charge is -2.34. The monoisotopic (exact) mass is 685 g/mol. The molecule has 9 aromatic carbocycles. The van der Waals surface area contributed by atoms with Crippen LogP contribution in [0.5, 0.6) is 0 Å². The van der Waals surface area contributed by atoms with E-state index in [-0.39, 0.29) is 0 Å². The first-order valence-corrected chi connectivity index (χ1v) is 18.8. The van der Waals surface area contributed by atoms with E-state index in [2.05, 4.69) is 217 Å². The molecule has 0 saturated heterocycles. The van der Waals surface area contributed by atoms with Crippen LogP contribution in [-0.4, -0.2) is 0 Å². The van der Waals surface area contributed by atoms with E-state index in [0.29, 0.717) is 0 Å². The molecule has 1 heteroatoms. The molecule has 2 aliphatic rings. The molecule has 2 aliphatic carbocycles. The van der Waals surface area contributed by atoms with Crippen molar-refractivity contribution in [1.29, 1.82) is 0 Å². The van der Waals surface area contributed by atoms with Gasteiger partial charge < -0.3 is 4.90 Å². The van der Waals surface area contributed by atoms with Gasteiger partial charge in [0, 0.05) is 16.9 Å². The zero-order valence-electron chi connectivity index (χ0n) is 29.7. The Morgan fingerprint density at radius 1 is 0.333 bits per heavy atom. The van der Waals surface area contributed by atoms with Crippen molar-refractivity contribution in [3.8, 4) is 44.5 Å². The van der Waals surface area contributed by atoms with E-state index in [4.69, 9.17) is 0 Å². The zero-order valence-corrected chi connectivity index (χ0v) is 29.7. The van der Waals surface area contributed by atoms with E-state index >= 15 is 0 Å². The lowest BCUT2D eigenvalue weighted by atomic mass is 9.68. The van der Waals surface area contributed by atoms with Crippen molar-refractivity contribution in [2.75, 3.05) is 4.90 Å². The maximum atomic E-state index is 2.49. The fourth-order valence-electron chi connectivity index (χ4n) is 9.44. The van der Waals surface area contributed by atoms with Gasteiger partial charge in [-0.2, -0.15) is 0 Å². The second kappa shape index (κ2) is 12.0. The number of fused-ring (bicyclic) bond motifs is 6. The van der Waals surface area contributed by atoms with Crippen LogP contribution in [0.25, 0.3) is 55.3 Å². The van der Waals surface area contributed by atoms with Crippen molar-refractivity contribution in [3.05, 3.63) is 235 Å². The Morgan fingerprint density at radius 2 is 0.870 bits per heavy atom. The van der Waals surface area contributed by atoms with Gasteiger partial charge in [0.2, 0.25) is 0 Å². The predicted octanol–water partition coefficient (Wildman–Crippen LogP) is 14.0. The van der Waals surface area contributed by atoms with Crippen molar-refractivity contribution in [1.82, 2.24) is 0 Å². The number of benzene rings is 9. The average molecular weight is 686 g/mol. The highest BCUT2D eigenvalue weighted by atomic mass is 15.1. The van der Waals surface area contributed by atoms with E-state index in [0.717, 1.165) is 17.1 Å². The normalized spacial score (nSPS) is 13.0. The van der Waals surface area contributed by atoms with Gasteiger partial charge in [0.15, 0.2) is 0 Å². The summed E-state index contributed by atoms with van der Waals surface area (Å²) in [7, 11) is 0. The minimum Gasteiger partial charge on any atom is -0.310 e. The maximum Gasteiger partial charge on any atom is 0.0714 e. The van der Waals surface area contributed by atoms with Gasteiger partial charge in [-0.1, -0.05) is 182 Å². The Kier molecular flexibility index (Phi) is 6.84. The average Bonchev–Trinajstić information content (AvgIpc) is 3.74. The van der Waals surface area contributed by atoms with Gasteiger partial charge in [0.05, 0.1) is 11.1 Å². The number of nitrogens with zero attached hydrogens (tertiary/aromatic N) is 1. The summed E-state index contributed by atoms with van der Waals surface area (Å²) >= 11 is 0. The summed E-state index contributed by atoms with van der Waals surface area (Å²) in [5.74, 6) is 0. The SMILES string of the molecule is c1ccc(-c2ccc(N(c3ccc4c(c3)-c3cccc5cccc-4c35)c3cccc4c3-c3ccccc3C4(c3ccccc3)c3ccccc3)cc2)cc1. The molecule has 0 radical (unpaired) electrons. The molecule has 0 heterocycles. The van der Waals surface area contributed by atoms with Gasteiger partial charge in [-0.15, -0.1) is 0 Å². The summed E-state index contributed by atoms with van der Waals surface area (Å²) in [4.78, 5) is 2.49. The van der Waals surface area contributed by atoms with Crippen LogP contribution in [0.15, 0.2) is 212 Å². The number of hydrogen-bond acceptors (Lipinski definition) is 1. The molecular weight excluding hydrogens is 651 g/mol. The Balaban J connectivity index is 1.19. The van der Waals surface area contributed by atoms with Crippen molar-refractivity contribution in [2.24, 2.45) is 0 Å². The molecule has 0 spiro atoms. The van der Waals surface area contributed by atoms with Gasteiger partial charge in [-0.05, 0) is 102 Å². The van der Waals surface area contributed by atoms with Crippen molar-refractivity contribution < 1.29 is 0 Å². The molecule has 0 unspecified atom stereocenters. The fourth-order valence-corrected chi connectivity index (χ4v) is 9.44. The van der Waals surface area contributed by atoms with Gasteiger partial charge in [0.25, 0.3) is 0 Å². The molecule has 11 rings (SSSR count). The van der Waals surface area contributed by atoms with Gasteiger partial charge >= 0.3 is 0 Å². The Labute approximate surface area is 316 Å². The summed E-state index contributed by atoms with van der Waals surface area (Å²) in [5, 5.41) is 2.63. The van der Waals surface area contributed by atoms with E-state index in [1.165, 1.54) is 77.5 Å². The second-order valence-corrected chi connectivity index (χ2v) is 14.4. The molecule has 0 atom stereocenters. The van der Waals surface area contributed by atoms with E-state index < -0.39 is 5.41 Å². The molecule has 0 fully saturated rings. The lowest BCUT2D eigenvalue weighted by molar-refractivity contribution is 0.768. The van der Waals surface area contributed by atoms with Crippen LogP contribution >= 0.6 is 0 Å². The third-order valence-corrected chi connectivity index (χ3v) is 11.7. The molecule has 0 aliphatic heterocycles. The van der Waals surface area contributed by atoms with Crippen molar-refractivity contribution in [3.63, 3.8) is 0 Å². The minimum atomic E-state index is -0.484. The third kappa shape index (κ3) is 4.39. The van der Waals surface area contributed by atoms with E-state index in [9.17, 15) is 0 Å². The van der Waals surface area contributed by atoms with Crippen LogP contribution in [0.2, 0.25) is 0 Å². The highest BCUT2D eigenvalue weighted by molar-refractivity contribution is 6.16. The number of rotatable bonds is 6. The molecule has 54 heavy (non-hydrogen) atoms. The minimum absolute atomic E-state index is 0.484. The second-order valence-electron chi connectivity index (χ2n) is 14.4. The summed E-state index contributed by atoms with van der Waals surface area (Å²) in [6.07, 6.45) is 0. The molecular formula is C53H35N. The summed E-state index contributed by atoms with van der Waals surface area (Å²) in [6.45, 7) is 0. The molecule has 0 saturated carbocycles. The highest BCUT2D eigenvalue weighted by Gasteiger charge is 2.47. The third-order valence-electron chi connectivity index (χ3n) is 11.7. The van der Waals surface area contributed by atoms with Crippen LogP contribution in [-0.2, 0) is 5.41 Å². The zero-order chi connectivity index (χ0) is 35.6. The van der Waals surface area contributed by atoms with Crippen LogP contribution in [0.1, 0.15) is 22.3 Å². The largest absolute Gasteiger partial charge is 0.310 e. The van der Waals surface area contributed by atoms with Crippen LogP contribution < -0.4 is 4.90 Å². The van der Waals surface area contributed by atoms with E-state index in [1.54, 1.807) is 0 Å². The number of hydrogen-bond donors (Lipinski definition) is 0. The lowest BCUT2D eigenvalue weighted by Crippen LogP contribution is -2.28. The van der Waals surface area contributed by atoms with Crippen LogP contribution in [0, 0.1) is 0 Å². The Morgan fingerprint density at radius 3 is 1.57 bits per heavy atom. The highest BCUT2D eigenvalue weighted by Crippen LogP contribution is 2.60. The maximum absolute atomic E-state index is 2.49. The Bertz CT molecular complexity index is 2810. The standard InChI is InChI=1S/C53H35N/c1-4-15-36(16-5-1)37-29-31-41(32-30-37)54(42-33-34-43-44-24-12-17-38-18-13-25-45(51(38)44)47(43)35-42)50-28-14-27-49-52(50)46-23-10-11-26-48(46)53(49,39-19-6-2-7-20-39)40-21-8-3-9-22-40/h1-35H. The fraction of sp³-hybridized carbons (Fsp3) is 0.0189. The number of anilines is 3. The van der Waals surface area contributed by atoms with Crippen LogP contribution in [0.3, 0.4) is 0 Å². The molecule has 0 aromatic heterocycles. The molecule has 0 bridgehead atoms. The van der Waals surface area contributed by atoms with E-state index in [1.807, 2.05) is 0 Å². The van der Waals surface area contributed by atoms with Gasteiger partial charge in [-0.3, -0.25) is 0 Å².